The first-order valence-corrected chi connectivity index (χ1v) is 9.37. The second kappa shape index (κ2) is 6.35. The Hall–Kier alpha value is -1.13. The summed E-state index contributed by atoms with van der Waals surface area (Å²) in [5.41, 5.74) is 1.71. The molecule has 0 spiro atoms. The molecule has 0 saturated carbocycles. The molecule has 3 nitrogen and oxygen atoms in total. The molecular weight excluding hydrogens is 256 g/mol. The van der Waals surface area contributed by atoms with Crippen LogP contribution in [0.5, 0.6) is 0 Å². The summed E-state index contributed by atoms with van der Waals surface area (Å²) in [6.45, 7) is 10.8. The molecule has 0 radical (unpaired) electrons. The first kappa shape index (κ1) is 15.9. The maximum atomic E-state index is 11.4. The quantitative estimate of drug-likeness (QED) is 0.625. The molecule has 0 saturated heterocycles. The van der Waals surface area contributed by atoms with Crippen molar-refractivity contribution in [2.24, 2.45) is 5.41 Å². The minimum absolute atomic E-state index is 0.0318. The van der Waals surface area contributed by atoms with Crippen LogP contribution in [0.3, 0.4) is 0 Å². The van der Waals surface area contributed by atoms with Gasteiger partial charge >= 0.3 is 5.97 Å². The minimum Gasteiger partial charge on any atom is -0.465 e. The van der Waals surface area contributed by atoms with E-state index in [1.165, 1.54) is 7.11 Å². The van der Waals surface area contributed by atoms with E-state index in [4.69, 9.17) is 9.16 Å². The first-order chi connectivity index (χ1) is 8.75. The number of esters is 1. The molecule has 106 valence electrons. The summed E-state index contributed by atoms with van der Waals surface area (Å²) in [4.78, 5) is 11.4. The maximum Gasteiger partial charge on any atom is 0.337 e. The molecule has 0 aromatic heterocycles. The number of benzene rings is 1. The lowest BCUT2D eigenvalue weighted by Gasteiger charge is -2.33. The summed E-state index contributed by atoms with van der Waals surface area (Å²) in [5.74, 6) is -0.307. The SMILES string of the molecule is COC(=O)c1ccc(C(O[SiH](C)C)C(C)(C)C)cc1. The van der Waals surface area contributed by atoms with E-state index in [0.29, 0.717) is 5.56 Å². The third-order valence-electron chi connectivity index (χ3n) is 2.83. The van der Waals surface area contributed by atoms with Crippen molar-refractivity contribution in [3.05, 3.63) is 35.4 Å². The van der Waals surface area contributed by atoms with Gasteiger partial charge in [-0.05, 0) is 36.2 Å². The number of carbonyl (C=O) groups is 1. The molecule has 0 aliphatic heterocycles. The molecule has 0 N–H and O–H groups in total. The highest BCUT2D eigenvalue weighted by Gasteiger charge is 2.27. The Morgan fingerprint density at radius 1 is 1.16 bits per heavy atom. The van der Waals surface area contributed by atoms with Crippen LogP contribution in [0.15, 0.2) is 24.3 Å². The van der Waals surface area contributed by atoms with Gasteiger partial charge in [0.2, 0.25) is 0 Å². The lowest BCUT2D eigenvalue weighted by atomic mass is 9.84. The van der Waals surface area contributed by atoms with Crippen molar-refractivity contribution in [1.29, 1.82) is 0 Å². The number of ether oxygens (including phenoxy) is 1. The predicted molar refractivity (Wildman–Crippen MR) is 79.9 cm³/mol. The van der Waals surface area contributed by atoms with Crippen LogP contribution in [-0.2, 0) is 9.16 Å². The smallest absolute Gasteiger partial charge is 0.337 e. The van der Waals surface area contributed by atoms with Crippen LogP contribution in [0.2, 0.25) is 13.1 Å². The molecule has 4 heteroatoms. The lowest BCUT2D eigenvalue weighted by Crippen LogP contribution is -2.25. The molecule has 0 amide bonds. The normalized spacial score (nSPS) is 13.4. The third-order valence-corrected chi connectivity index (χ3v) is 3.65. The van der Waals surface area contributed by atoms with E-state index < -0.39 is 9.04 Å². The zero-order chi connectivity index (χ0) is 14.6. The fourth-order valence-electron chi connectivity index (χ4n) is 1.97. The monoisotopic (exact) mass is 280 g/mol. The average molecular weight is 280 g/mol. The summed E-state index contributed by atoms with van der Waals surface area (Å²) < 4.78 is 10.9. The van der Waals surface area contributed by atoms with Crippen LogP contribution in [-0.4, -0.2) is 22.1 Å². The third kappa shape index (κ3) is 4.47. The van der Waals surface area contributed by atoms with Gasteiger partial charge in [-0.2, -0.15) is 0 Å². The average Bonchev–Trinajstić information content (AvgIpc) is 2.34. The Balaban J connectivity index is 3.01. The highest BCUT2D eigenvalue weighted by Crippen LogP contribution is 2.36. The van der Waals surface area contributed by atoms with Crippen molar-refractivity contribution in [3.63, 3.8) is 0 Å². The van der Waals surface area contributed by atoms with Crippen LogP contribution in [0.1, 0.15) is 42.8 Å². The second-order valence-corrected chi connectivity index (χ2v) is 8.41. The number of rotatable bonds is 4. The Bertz CT molecular complexity index is 418. The van der Waals surface area contributed by atoms with Crippen LogP contribution in [0, 0.1) is 5.41 Å². The molecule has 1 aromatic carbocycles. The summed E-state index contributed by atoms with van der Waals surface area (Å²) in [5, 5.41) is 0. The molecule has 1 atom stereocenters. The van der Waals surface area contributed by atoms with E-state index in [0.717, 1.165) is 5.56 Å². The summed E-state index contributed by atoms with van der Waals surface area (Å²) in [6, 6.07) is 7.51. The molecule has 1 unspecified atom stereocenters. The molecule has 1 aromatic rings. The lowest BCUT2D eigenvalue weighted by molar-refractivity contribution is 0.0600. The Labute approximate surface area is 117 Å². The highest BCUT2D eigenvalue weighted by atomic mass is 28.3. The van der Waals surface area contributed by atoms with Gasteiger partial charge in [0.15, 0.2) is 9.04 Å². The molecule has 1 rings (SSSR count). The molecule has 0 heterocycles. The van der Waals surface area contributed by atoms with Gasteiger partial charge in [0.05, 0.1) is 18.8 Å². The predicted octanol–water partition coefficient (Wildman–Crippen LogP) is 3.56. The number of hydrogen-bond acceptors (Lipinski definition) is 3. The highest BCUT2D eigenvalue weighted by molar-refractivity contribution is 6.48. The minimum atomic E-state index is -1.13. The van der Waals surface area contributed by atoms with Crippen molar-refractivity contribution >= 4 is 15.0 Å². The Kier molecular flexibility index (Phi) is 5.32. The van der Waals surface area contributed by atoms with Gasteiger partial charge in [0.1, 0.15) is 0 Å². The van der Waals surface area contributed by atoms with Crippen LogP contribution < -0.4 is 0 Å². The Morgan fingerprint density at radius 3 is 2.05 bits per heavy atom. The molecule has 0 fully saturated rings. The van der Waals surface area contributed by atoms with E-state index >= 15 is 0 Å². The standard InChI is InChI=1S/C15H24O3Si/c1-15(2,3)13(18-19(5)6)11-7-9-12(10-8-11)14(16)17-4/h7-10,13,19H,1-6H3. The summed E-state index contributed by atoms with van der Waals surface area (Å²) in [6.07, 6.45) is 0.0610. The van der Waals surface area contributed by atoms with Gasteiger partial charge in [0, 0.05) is 0 Å². The maximum absolute atomic E-state index is 11.4. The second-order valence-electron chi connectivity index (χ2n) is 6.04. The molecule has 0 aliphatic carbocycles. The number of carbonyl (C=O) groups excluding carboxylic acids is 1. The molecule has 19 heavy (non-hydrogen) atoms. The van der Waals surface area contributed by atoms with Crippen molar-refractivity contribution in [2.45, 2.75) is 40.0 Å². The van der Waals surface area contributed by atoms with E-state index in [1.54, 1.807) is 12.1 Å². The molecular formula is C15H24O3Si. The van der Waals surface area contributed by atoms with Gasteiger partial charge in [-0.3, -0.25) is 0 Å². The van der Waals surface area contributed by atoms with E-state index in [9.17, 15) is 4.79 Å². The van der Waals surface area contributed by atoms with Crippen molar-refractivity contribution in [1.82, 2.24) is 0 Å². The fourth-order valence-corrected chi connectivity index (χ4v) is 3.08. The molecule has 0 aliphatic rings. The largest absolute Gasteiger partial charge is 0.465 e. The van der Waals surface area contributed by atoms with Gasteiger partial charge in [-0.15, -0.1) is 0 Å². The van der Waals surface area contributed by atoms with Crippen molar-refractivity contribution in [2.75, 3.05) is 7.11 Å². The Morgan fingerprint density at radius 2 is 1.68 bits per heavy atom. The number of methoxy groups -OCH3 is 1. The van der Waals surface area contributed by atoms with Gasteiger partial charge in [-0.25, -0.2) is 4.79 Å². The van der Waals surface area contributed by atoms with E-state index in [-0.39, 0.29) is 17.5 Å². The molecule has 0 bridgehead atoms. The zero-order valence-electron chi connectivity index (χ0n) is 12.7. The van der Waals surface area contributed by atoms with Crippen LogP contribution >= 0.6 is 0 Å². The number of hydrogen-bond donors (Lipinski definition) is 0. The van der Waals surface area contributed by atoms with Crippen molar-refractivity contribution in [3.8, 4) is 0 Å². The summed E-state index contributed by atoms with van der Waals surface area (Å²) in [7, 11) is 0.263. The van der Waals surface area contributed by atoms with Gasteiger partial charge in [-0.1, -0.05) is 32.9 Å². The van der Waals surface area contributed by atoms with Crippen LogP contribution in [0.4, 0.5) is 0 Å². The summed E-state index contributed by atoms with van der Waals surface area (Å²) >= 11 is 0. The van der Waals surface area contributed by atoms with Gasteiger partial charge < -0.3 is 9.16 Å². The first-order valence-electron chi connectivity index (χ1n) is 6.59. The fraction of sp³-hybridized carbons (Fsp3) is 0.533. The van der Waals surface area contributed by atoms with Crippen molar-refractivity contribution < 1.29 is 14.0 Å². The van der Waals surface area contributed by atoms with Crippen LogP contribution in [0.25, 0.3) is 0 Å². The van der Waals surface area contributed by atoms with E-state index in [2.05, 4.69) is 33.9 Å². The zero-order valence-corrected chi connectivity index (χ0v) is 13.8. The van der Waals surface area contributed by atoms with E-state index in [1.807, 2.05) is 12.1 Å². The van der Waals surface area contributed by atoms with Gasteiger partial charge in [0.25, 0.3) is 0 Å². The topological polar surface area (TPSA) is 35.5 Å².